The predicted octanol–water partition coefficient (Wildman–Crippen LogP) is 3.09. The van der Waals surface area contributed by atoms with Crippen LogP contribution in [0.4, 0.5) is 0 Å². The van der Waals surface area contributed by atoms with E-state index in [9.17, 15) is 4.79 Å². The summed E-state index contributed by atoms with van der Waals surface area (Å²) in [5.74, 6) is 0.601. The van der Waals surface area contributed by atoms with Crippen LogP contribution in [-0.2, 0) is 0 Å². The van der Waals surface area contributed by atoms with Gasteiger partial charge in [0.25, 0.3) is 5.91 Å². The Morgan fingerprint density at radius 3 is 2.75 bits per heavy atom. The number of benzene rings is 1. The summed E-state index contributed by atoms with van der Waals surface area (Å²) in [4.78, 5) is 14.6. The molecule has 0 bridgehead atoms. The number of amides is 1. The Hall–Kier alpha value is -0.960. The maximum absolute atomic E-state index is 12.0. The molecule has 1 rings (SSSR count). The second-order valence-electron chi connectivity index (χ2n) is 4.25. The molecular weight excluding hydrogens is 218 g/mol. The number of nitrogens with zero attached hydrogens (tertiary/aromatic N) is 1. The van der Waals surface area contributed by atoms with Crippen molar-refractivity contribution in [1.29, 1.82) is 0 Å². The molecule has 0 aliphatic heterocycles. The highest BCUT2D eigenvalue weighted by atomic mass is 32.1. The minimum atomic E-state index is 0.0659. The Morgan fingerprint density at radius 2 is 2.19 bits per heavy atom. The molecule has 1 atom stereocenters. The Kier molecular flexibility index (Phi) is 4.87. The van der Waals surface area contributed by atoms with E-state index in [2.05, 4.69) is 26.5 Å². The van der Waals surface area contributed by atoms with Gasteiger partial charge in [-0.25, -0.2) is 0 Å². The first-order valence-electron chi connectivity index (χ1n) is 5.59. The third kappa shape index (κ3) is 3.56. The van der Waals surface area contributed by atoms with Crippen LogP contribution in [0.25, 0.3) is 0 Å². The maximum atomic E-state index is 12.0. The smallest absolute Gasteiger partial charge is 0.253 e. The van der Waals surface area contributed by atoms with E-state index >= 15 is 0 Å². The summed E-state index contributed by atoms with van der Waals surface area (Å²) in [6.45, 7) is 5.09. The van der Waals surface area contributed by atoms with Crippen LogP contribution >= 0.6 is 12.6 Å². The molecule has 0 fully saturated rings. The van der Waals surface area contributed by atoms with Gasteiger partial charge in [0.15, 0.2) is 0 Å². The van der Waals surface area contributed by atoms with Crippen molar-refractivity contribution in [2.24, 2.45) is 5.92 Å². The lowest BCUT2D eigenvalue weighted by Gasteiger charge is -2.20. The summed E-state index contributed by atoms with van der Waals surface area (Å²) in [6, 6.07) is 7.36. The number of thiol groups is 1. The molecule has 1 aromatic rings. The van der Waals surface area contributed by atoms with Gasteiger partial charge in [-0.15, -0.1) is 12.6 Å². The lowest BCUT2D eigenvalue weighted by atomic mass is 10.1. The summed E-state index contributed by atoms with van der Waals surface area (Å²) in [5, 5.41) is 0. The van der Waals surface area contributed by atoms with Crippen molar-refractivity contribution < 1.29 is 4.79 Å². The molecule has 0 saturated heterocycles. The van der Waals surface area contributed by atoms with Crippen molar-refractivity contribution in [3.8, 4) is 0 Å². The summed E-state index contributed by atoms with van der Waals surface area (Å²) >= 11 is 4.23. The van der Waals surface area contributed by atoms with Crippen LogP contribution in [0.1, 0.15) is 30.6 Å². The molecule has 0 heterocycles. The van der Waals surface area contributed by atoms with E-state index < -0.39 is 0 Å². The number of hydrogen-bond acceptors (Lipinski definition) is 2. The fraction of sp³-hybridized carbons (Fsp3) is 0.462. The van der Waals surface area contributed by atoms with Gasteiger partial charge in [0.2, 0.25) is 0 Å². The molecule has 1 unspecified atom stereocenters. The molecular formula is C13H19NOS. The molecule has 3 heteroatoms. The van der Waals surface area contributed by atoms with E-state index in [1.165, 1.54) is 0 Å². The minimum absolute atomic E-state index is 0.0659. The van der Waals surface area contributed by atoms with Gasteiger partial charge in [-0.2, -0.15) is 0 Å². The first kappa shape index (κ1) is 13.1. The first-order valence-corrected chi connectivity index (χ1v) is 6.03. The minimum Gasteiger partial charge on any atom is -0.341 e. The standard InChI is InChI=1S/C13H19NOS/c1-4-10(2)9-14(3)13(15)11-6-5-7-12(16)8-11/h5-8,10,16H,4,9H2,1-3H3. The van der Waals surface area contributed by atoms with Gasteiger partial charge in [0.1, 0.15) is 0 Å². The van der Waals surface area contributed by atoms with Crippen molar-refractivity contribution in [3.63, 3.8) is 0 Å². The summed E-state index contributed by atoms with van der Waals surface area (Å²) in [7, 11) is 1.85. The van der Waals surface area contributed by atoms with Gasteiger partial charge in [0, 0.05) is 24.1 Å². The zero-order valence-corrected chi connectivity index (χ0v) is 11.0. The van der Waals surface area contributed by atoms with Crippen LogP contribution in [0.5, 0.6) is 0 Å². The van der Waals surface area contributed by atoms with Gasteiger partial charge in [-0.05, 0) is 24.1 Å². The molecule has 0 aromatic heterocycles. The Morgan fingerprint density at radius 1 is 1.50 bits per heavy atom. The Bertz CT molecular complexity index is 365. The molecule has 2 nitrogen and oxygen atoms in total. The third-order valence-electron chi connectivity index (χ3n) is 2.72. The van der Waals surface area contributed by atoms with Crippen molar-refractivity contribution in [2.75, 3.05) is 13.6 Å². The van der Waals surface area contributed by atoms with Gasteiger partial charge in [-0.1, -0.05) is 26.3 Å². The van der Waals surface area contributed by atoms with E-state index in [-0.39, 0.29) is 5.91 Å². The lowest BCUT2D eigenvalue weighted by molar-refractivity contribution is 0.0774. The van der Waals surface area contributed by atoms with Crippen LogP contribution in [0.3, 0.4) is 0 Å². The number of hydrogen-bond donors (Lipinski definition) is 1. The van der Waals surface area contributed by atoms with Crippen LogP contribution < -0.4 is 0 Å². The molecule has 1 aromatic carbocycles. The van der Waals surface area contributed by atoms with Gasteiger partial charge in [-0.3, -0.25) is 4.79 Å². The summed E-state index contributed by atoms with van der Waals surface area (Å²) < 4.78 is 0. The van der Waals surface area contributed by atoms with Crippen LogP contribution in [-0.4, -0.2) is 24.4 Å². The maximum Gasteiger partial charge on any atom is 0.253 e. The largest absolute Gasteiger partial charge is 0.341 e. The molecule has 0 aliphatic rings. The van der Waals surface area contributed by atoms with Crippen LogP contribution in [0.2, 0.25) is 0 Å². The molecule has 0 aliphatic carbocycles. The molecule has 0 radical (unpaired) electrons. The van der Waals surface area contributed by atoms with Gasteiger partial charge < -0.3 is 4.90 Å². The van der Waals surface area contributed by atoms with Crippen LogP contribution in [0, 0.1) is 5.92 Å². The van der Waals surface area contributed by atoms with E-state index in [1.807, 2.05) is 25.2 Å². The second kappa shape index (κ2) is 5.94. The molecule has 16 heavy (non-hydrogen) atoms. The lowest BCUT2D eigenvalue weighted by Crippen LogP contribution is -2.30. The van der Waals surface area contributed by atoms with Crippen molar-refractivity contribution in [2.45, 2.75) is 25.2 Å². The normalized spacial score (nSPS) is 12.2. The monoisotopic (exact) mass is 237 g/mol. The highest BCUT2D eigenvalue weighted by molar-refractivity contribution is 7.80. The van der Waals surface area contributed by atoms with Crippen molar-refractivity contribution >= 4 is 18.5 Å². The highest BCUT2D eigenvalue weighted by Crippen LogP contribution is 2.12. The zero-order valence-electron chi connectivity index (χ0n) is 10.1. The number of carbonyl (C=O) groups excluding carboxylic acids is 1. The number of rotatable bonds is 4. The molecule has 88 valence electrons. The van der Waals surface area contributed by atoms with Crippen LogP contribution in [0.15, 0.2) is 29.2 Å². The molecule has 0 N–H and O–H groups in total. The van der Waals surface area contributed by atoms with Crippen molar-refractivity contribution in [1.82, 2.24) is 4.90 Å². The SMILES string of the molecule is CCC(C)CN(C)C(=O)c1cccc(S)c1. The highest BCUT2D eigenvalue weighted by Gasteiger charge is 2.13. The molecule has 1 amide bonds. The van der Waals surface area contributed by atoms with E-state index in [4.69, 9.17) is 0 Å². The topological polar surface area (TPSA) is 20.3 Å². The van der Waals surface area contributed by atoms with Crippen molar-refractivity contribution in [3.05, 3.63) is 29.8 Å². The average molecular weight is 237 g/mol. The fourth-order valence-electron chi connectivity index (χ4n) is 1.54. The Labute approximate surface area is 103 Å². The van der Waals surface area contributed by atoms with E-state index in [1.54, 1.807) is 11.0 Å². The Balaban J connectivity index is 2.70. The summed E-state index contributed by atoms with van der Waals surface area (Å²) in [6.07, 6.45) is 1.09. The summed E-state index contributed by atoms with van der Waals surface area (Å²) in [5.41, 5.74) is 0.707. The van der Waals surface area contributed by atoms with Gasteiger partial charge in [0.05, 0.1) is 0 Å². The predicted molar refractivity (Wildman–Crippen MR) is 70.1 cm³/mol. The van der Waals surface area contributed by atoms with E-state index in [0.29, 0.717) is 11.5 Å². The molecule has 0 spiro atoms. The molecule has 0 saturated carbocycles. The quantitative estimate of drug-likeness (QED) is 0.798. The van der Waals surface area contributed by atoms with Gasteiger partial charge >= 0.3 is 0 Å². The second-order valence-corrected chi connectivity index (χ2v) is 4.77. The third-order valence-corrected chi connectivity index (χ3v) is 3.00. The fourth-order valence-corrected chi connectivity index (χ4v) is 1.76. The average Bonchev–Trinajstić information content (AvgIpc) is 2.27. The van der Waals surface area contributed by atoms with E-state index in [0.717, 1.165) is 17.9 Å². The first-order chi connectivity index (χ1) is 7.54. The number of carbonyl (C=O) groups is 1. The zero-order chi connectivity index (χ0) is 12.1.